The van der Waals surface area contributed by atoms with E-state index < -0.39 is 12.0 Å². The van der Waals surface area contributed by atoms with E-state index in [4.69, 9.17) is 21.1 Å². The van der Waals surface area contributed by atoms with Crippen LogP contribution in [0.25, 0.3) is 0 Å². The normalized spacial score (nSPS) is 13.4. The maximum absolute atomic E-state index is 14.2. The van der Waals surface area contributed by atoms with Gasteiger partial charge in [0.2, 0.25) is 0 Å². The molecule has 132 valence electrons. The van der Waals surface area contributed by atoms with E-state index in [1.54, 1.807) is 6.07 Å². The third kappa shape index (κ3) is 4.04. The van der Waals surface area contributed by atoms with Gasteiger partial charge < -0.3 is 14.2 Å². The second kappa shape index (κ2) is 7.31. The lowest BCUT2D eigenvalue weighted by Crippen LogP contribution is -2.11. The van der Waals surface area contributed by atoms with Crippen LogP contribution in [0.15, 0.2) is 30.3 Å². The van der Waals surface area contributed by atoms with Crippen molar-refractivity contribution in [1.29, 1.82) is 0 Å². The van der Waals surface area contributed by atoms with Crippen molar-refractivity contribution in [1.82, 2.24) is 0 Å². The molecule has 0 aliphatic heterocycles. The summed E-state index contributed by atoms with van der Waals surface area (Å²) >= 11 is 6.20. The summed E-state index contributed by atoms with van der Waals surface area (Å²) in [7, 11) is 1.19. The molecule has 0 unspecified atom stereocenters. The van der Waals surface area contributed by atoms with E-state index in [-0.39, 0.29) is 17.9 Å². The number of halogens is 2. The monoisotopic (exact) mass is 364 g/mol. The first-order valence-electron chi connectivity index (χ1n) is 7.95. The maximum atomic E-state index is 14.2. The first-order valence-corrected chi connectivity index (χ1v) is 8.33. The van der Waals surface area contributed by atoms with Gasteiger partial charge in [0.1, 0.15) is 23.9 Å². The predicted octanol–water partition coefficient (Wildman–Crippen LogP) is 5.39. The van der Waals surface area contributed by atoms with Crippen molar-refractivity contribution in [3.63, 3.8) is 0 Å². The minimum Gasteiger partial charge on any atom is -0.488 e. The summed E-state index contributed by atoms with van der Waals surface area (Å²) in [6.07, 6.45) is 1.30. The largest absolute Gasteiger partial charge is 0.513 e. The molecule has 0 bridgehead atoms. The fraction of sp³-hybridized carbons (Fsp3) is 0.316. The number of carbonyl (C=O) groups is 1. The summed E-state index contributed by atoms with van der Waals surface area (Å²) in [5, 5.41) is 0.596. The number of rotatable bonds is 5. The predicted molar refractivity (Wildman–Crippen MR) is 91.9 cm³/mol. The molecule has 1 fully saturated rings. The first-order chi connectivity index (χ1) is 12.0. The molecule has 1 aliphatic rings. The molecule has 2 aromatic rings. The lowest BCUT2D eigenvalue weighted by atomic mass is 10.1. The molecule has 0 heterocycles. The average molecular weight is 365 g/mol. The van der Waals surface area contributed by atoms with Crippen molar-refractivity contribution in [2.75, 3.05) is 7.11 Å². The molecule has 0 N–H and O–H groups in total. The van der Waals surface area contributed by atoms with Gasteiger partial charge in [-0.3, -0.25) is 0 Å². The Morgan fingerprint density at radius 2 is 2.04 bits per heavy atom. The standard InChI is InChI=1S/C19H18ClFO4/c1-11-8-13(12-6-7-12)18(9-15(11)20)24-10-14-16(21)4-3-5-17(14)25-19(22)23-2/h3-5,8-9,12H,6-7,10H2,1-2H3. The zero-order chi connectivity index (χ0) is 18.0. The molecule has 0 radical (unpaired) electrons. The van der Waals surface area contributed by atoms with Crippen LogP contribution >= 0.6 is 11.6 Å². The highest BCUT2D eigenvalue weighted by Gasteiger charge is 2.28. The van der Waals surface area contributed by atoms with Crippen LogP contribution in [0.5, 0.6) is 11.5 Å². The molecular weight excluding hydrogens is 347 g/mol. The first kappa shape index (κ1) is 17.5. The Morgan fingerprint density at radius 1 is 1.28 bits per heavy atom. The molecule has 0 amide bonds. The van der Waals surface area contributed by atoms with Gasteiger partial charge in [-0.25, -0.2) is 9.18 Å². The van der Waals surface area contributed by atoms with Gasteiger partial charge in [-0.05, 0) is 55.0 Å². The van der Waals surface area contributed by atoms with Crippen molar-refractivity contribution < 1.29 is 23.4 Å². The van der Waals surface area contributed by atoms with Crippen LogP contribution in [-0.2, 0) is 11.3 Å². The summed E-state index contributed by atoms with van der Waals surface area (Å²) in [6, 6.07) is 8.00. The highest BCUT2D eigenvalue weighted by atomic mass is 35.5. The minimum absolute atomic E-state index is 0.0676. The van der Waals surface area contributed by atoms with E-state index in [1.165, 1.54) is 25.3 Å². The van der Waals surface area contributed by atoms with Gasteiger partial charge in [0.05, 0.1) is 12.7 Å². The average Bonchev–Trinajstić information content (AvgIpc) is 3.42. The lowest BCUT2D eigenvalue weighted by Gasteiger charge is -2.15. The number of hydrogen-bond acceptors (Lipinski definition) is 4. The van der Waals surface area contributed by atoms with Crippen LogP contribution in [0, 0.1) is 12.7 Å². The Kier molecular flexibility index (Phi) is 5.13. The molecule has 0 aromatic heterocycles. The molecular formula is C19H18ClFO4. The lowest BCUT2D eigenvalue weighted by molar-refractivity contribution is 0.120. The van der Waals surface area contributed by atoms with Gasteiger partial charge in [-0.15, -0.1) is 0 Å². The van der Waals surface area contributed by atoms with E-state index in [9.17, 15) is 9.18 Å². The van der Waals surface area contributed by atoms with Crippen LogP contribution in [-0.4, -0.2) is 13.3 Å². The molecule has 0 spiro atoms. The second-order valence-corrected chi connectivity index (χ2v) is 6.38. The van der Waals surface area contributed by atoms with Crippen LogP contribution in [0.3, 0.4) is 0 Å². The van der Waals surface area contributed by atoms with Gasteiger partial charge in [0, 0.05) is 5.02 Å². The second-order valence-electron chi connectivity index (χ2n) is 5.97. The zero-order valence-corrected chi connectivity index (χ0v) is 14.7. The van der Waals surface area contributed by atoms with Crippen LogP contribution in [0.2, 0.25) is 5.02 Å². The Balaban J connectivity index is 1.85. The van der Waals surface area contributed by atoms with Crippen molar-refractivity contribution in [3.05, 3.63) is 57.9 Å². The topological polar surface area (TPSA) is 44.8 Å². The fourth-order valence-corrected chi connectivity index (χ4v) is 2.73. The third-order valence-electron chi connectivity index (χ3n) is 4.12. The molecule has 25 heavy (non-hydrogen) atoms. The Labute approximate surface area is 150 Å². The number of methoxy groups -OCH3 is 1. The quantitative estimate of drug-likeness (QED) is 0.527. The van der Waals surface area contributed by atoms with Crippen molar-refractivity contribution in [2.45, 2.75) is 32.3 Å². The molecule has 1 aliphatic carbocycles. The van der Waals surface area contributed by atoms with E-state index in [0.717, 1.165) is 24.0 Å². The van der Waals surface area contributed by atoms with Gasteiger partial charge in [0.15, 0.2) is 0 Å². The third-order valence-corrected chi connectivity index (χ3v) is 4.52. The molecule has 3 rings (SSSR count). The number of ether oxygens (including phenoxy) is 3. The SMILES string of the molecule is COC(=O)Oc1cccc(F)c1COc1cc(Cl)c(C)cc1C1CC1. The molecule has 0 atom stereocenters. The summed E-state index contributed by atoms with van der Waals surface area (Å²) in [5.74, 6) is 0.633. The summed E-state index contributed by atoms with van der Waals surface area (Å²) in [6.45, 7) is 1.86. The smallest absolute Gasteiger partial charge is 0.488 e. The maximum Gasteiger partial charge on any atom is 0.513 e. The molecule has 0 saturated heterocycles. The zero-order valence-electron chi connectivity index (χ0n) is 14.0. The summed E-state index contributed by atoms with van der Waals surface area (Å²) < 4.78 is 29.5. The van der Waals surface area contributed by atoms with Crippen LogP contribution in [0.4, 0.5) is 9.18 Å². The molecule has 4 nitrogen and oxygen atoms in total. The highest BCUT2D eigenvalue weighted by Crippen LogP contribution is 2.46. The Hall–Kier alpha value is -2.27. The van der Waals surface area contributed by atoms with E-state index in [1.807, 2.05) is 13.0 Å². The highest BCUT2D eigenvalue weighted by molar-refractivity contribution is 6.31. The number of carbonyl (C=O) groups excluding carboxylic acids is 1. The fourth-order valence-electron chi connectivity index (χ4n) is 2.58. The van der Waals surface area contributed by atoms with Gasteiger partial charge in [-0.2, -0.15) is 0 Å². The van der Waals surface area contributed by atoms with E-state index in [2.05, 4.69) is 4.74 Å². The van der Waals surface area contributed by atoms with E-state index in [0.29, 0.717) is 16.7 Å². The summed E-state index contributed by atoms with van der Waals surface area (Å²) in [4.78, 5) is 11.3. The molecule has 2 aromatic carbocycles. The number of hydrogen-bond donors (Lipinski definition) is 0. The van der Waals surface area contributed by atoms with Gasteiger partial charge >= 0.3 is 6.16 Å². The Bertz CT molecular complexity index is 802. The van der Waals surface area contributed by atoms with Crippen molar-refractivity contribution in [3.8, 4) is 11.5 Å². The van der Waals surface area contributed by atoms with Gasteiger partial charge in [0.25, 0.3) is 0 Å². The molecule has 6 heteroatoms. The van der Waals surface area contributed by atoms with Crippen LogP contribution in [0.1, 0.15) is 35.4 Å². The number of benzene rings is 2. The molecule has 1 saturated carbocycles. The van der Waals surface area contributed by atoms with E-state index >= 15 is 0 Å². The van der Waals surface area contributed by atoms with Crippen LogP contribution < -0.4 is 9.47 Å². The van der Waals surface area contributed by atoms with Crippen molar-refractivity contribution in [2.24, 2.45) is 0 Å². The number of aryl methyl sites for hydroxylation is 1. The Morgan fingerprint density at radius 3 is 2.72 bits per heavy atom. The minimum atomic E-state index is -0.913. The van der Waals surface area contributed by atoms with Crippen molar-refractivity contribution >= 4 is 17.8 Å². The summed E-state index contributed by atoms with van der Waals surface area (Å²) in [5.41, 5.74) is 2.21. The van der Waals surface area contributed by atoms with Gasteiger partial charge in [-0.1, -0.05) is 23.7 Å².